The molecule has 0 saturated carbocycles. The van der Waals surface area contributed by atoms with Crippen LogP contribution in [0, 0.1) is 5.82 Å². The van der Waals surface area contributed by atoms with E-state index >= 15 is 0 Å². The molecule has 6 aromatic rings. The molecule has 3 heterocycles. The summed E-state index contributed by atoms with van der Waals surface area (Å²) in [6.07, 6.45) is 2.73. The smallest absolute Gasteiger partial charge is 0.320 e. The molecule has 49 heavy (non-hydrogen) atoms. The zero-order chi connectivity index (χ0) is 34.7. The Hall–Kier alpha value is -5.20. The number of nitrogens with one attached hydrogen (secondary N) is 2. The molecule has 0 radical (unpaired) electrons. The molecule has 2 amide bonds. The molecule has 0 aliphatic heterocycles. The van der Waals surface area contributed by atoms with Crippen molar-refractivity contribution in [3.8, 4) is 22.8 Å². The second-order valence-electron chi connectivity index (χ2n) is 12.8. The van der Waals surface area contributed by atoms with Crippen LogP contribution >= 0.6 is 11.8 Å². The number of pyridine rings is 1. The van der Waals surface area contributed by atoms with Crippen LogP contribution in [0.5, 0.6) is 5.75 Å². The van der Waals surface area contributed by atoms with E-state index in [2.05, 4.69) is 58.6 Å². The van der Waals surface area contributed by atoms with Gasteiger partial charge in [-0.1, -0.05) is 62.9 Å². The van der Waals surface area contributed by atoms with Gasteiger partial charge in [-0.3, -0.25) is 9.72 Å². The van der Waals surface area contributed by atoms with Crippen LogP contribution in [-0.4, -0.2) is 54.5 Å². The van der Waals surface area contributed by atoms with E-state index in [0.717, 1.165) is 45.3 Å². The maximum atomic E-state index is 14.6. The van der Waals surface area contributed by atoms with E-state index in [1.165, 1.54) is 30.0 Å². The molecular weight excluding hydrogens is 640 g/mol. The number of amides is 2. The van der Waals surface area contributed by atoms with Gasteiger partial charge in [0.2, 0.25) is 0 Å². The Morgan fingerprint density at radius 3 is 2.61 bits per heavy atom. The second kappa shape index (κ2) is 14.1. The van der Waals surface area contributed by atoms with Crippen molar-refractivity contribution in [1.82, 2.24) is 34.6 Å². The van der Waals surface area contributed by atoms with E-state index in [9.17, 15) is 14.3 Å². The average Bonchev–Trinajstić information content (AvgIpc) is 3.70. The Balaban J connectivity index is 1.20. The molecular formula is C37H39FN8O2S. The highest BCUT2D eigenvalue weighted by molar-refractivity contribution is 7.99. The molecule has 0 fully saturated rings. The number of anilines is 1. The van der Waals surface area contributed by atoms with Gasteiger partial charge in [0.1, 0.15) is 17.4 Å². The standard InChI is InChI=1S/C37H39FN8O2S/c1-6-37(2,3)32-20-34(46(43-32)26-12-9-10-24(18-26)22-44(4)5)40-36(48)39-21-25-11-7-8-13-31(25)49-28-15-17-33-41-42-35(45(33)23-28)29-19-27(47)14-16-30(29)38/h7-20,23,47H,6,21-22H2,1-5H3,(H2,39,40,48). The minimum Gasteiger partial charge on any atom is -0.508 e. The van der Waals surface area contributed by atoms with Gasteiger partial charge in [-0.05, 0) is 80.2 Å². The average molecular weight is 679 g/mol. The summed E-state index contributed by atoms with van der Waals surface area (Å²) in [6.45, 7) is 7.49. The fourth-order valence-corrected chi connectivity index (χ4v) is 6.31. The molecule has 0 unspecified atom stereocenters. The van der Waals surface area contributed by atoms with Gasteiger partial charge in [-0.15, -0.1) is 10.2 Å². The molecule has 0 saturated heterocycles. The summed E-state index contributed by atoms with van der Waals surface area (Å²) in [6, 6.07) is 25.1. The van der Waals surface area contributed by atoms with Crippen molar-refractivity contribution in [2.24, 2.45) is 0 Å². The van der Waals surface area contributed by atoms with Crippen molar-refractivity contribution >= 4 is 29.3 Å². The SMILES string of the molecule is CCC(C)(C)c1cc(NC(=O)NCc2ccccc2Sc2ccc3nnc(-c4cc(O)ccc4F)n3c2)n(-c2cccc(CN(C)C)c2)n1. The molecule has 0 spiro atoms. The lowest BCUT2D eigenvalue weighted by atomic mass is 9.87. The summed E-state index contributed by atoms with van der Waals surface area (Å²) in [5.41, 5.74) is 4.35. The lowest BCUT2D eigenvalue weighted by Gasteiger charge is -2.19. The largest absolute Gasteiger partial charge is 0.508 e. The molecule has 3 N–H and O–H groups in total. The Morgan fingerprint density at radius 2 is 1.82 bits per heavy atom. The Labute approximate surface area is 289 Å². The van der Waals surface area contributed by atoms with E-state index in [0.29, 0.717) is 11.5 Å². The van der Waals surface area contributed by atoms with Crippen LogP contribution in [0.2, 0.25) is 0 Å². The highest BCUT2D eigenvalue weighted by atomic mass is 32.2. The van der Waals surface area contributed by atoms with E-state index in [-0.39, 0.29) is 35.1 Å². The lowest BCUT2D eigenvalue weighted by Crippen LogP contribution is -2.29. The van der Waals surface area contributed by atoms with E-state index in [1.54, 1.807) is 15.1 Å². The number of urea groups is 1. The van der Waals surface area contributed by atoms with Crippen molar-refractivity contribution in [2.45, 2.75) is 55.5 Å². The summed E-state index contributed by atoms with van der Waals surface area (Å²) in [5.74, 6) is 0.297. The molecule has 252 valence electrons. The minimum atomic E-state index is -0.508. The molecule has 0 bridgehead atoms. The Morgan fingerprint density at radius 1 is 1.00 bits per heavy atom. The van der Waals surface area contributed by atoms with Gasteiger partial charge in [0.25, 0.3) is 0 Å². The van der Waals surface area contributed by atoms with Crippen LogP contribution in [0.25, 0.3) is 22.7 Å². The van der Waals surface area contributed by atoms with Crippen LogP contribution in [0.4, 0.5) is 15.0 Å². The van der Waals surface area contributed by atoms with E-state index in [4.69, 9.17) is 5.10 Å². The van der Waals surface area contributed by atoms with Gasteiger partial charge in [-0.25, -0.2) is 13.9 Å². The summed E-state index contributed by atoms with van der Waals surface area (Å²) in [7, 11) is 4.06. The fraction of sp³-hybridized carbons (Fsp3) is 0.243. The number of nitrogens with zero attached hydrogens (tertiary/aromatic N) is 6. The third-order valence-electron chi connectivity index (χ3n) is 8.39. The number of aromatic nitrogens is 5. The molecule has 0 aliphatic rings. The van der Waals surface area contributed by atoms with Crippen molar-refractivity contribution in [3.63, 3.8) is 0 Å². The summed E-state index contributed by atoms with van der Waals surface area (Å²) >= 11 is 1.50. The number of fused-ring (bicyclic) bond motifs is 1. The van der Waals surface area contributed by atoms with E-state index < -0.39 is 5.82 Å². The number of rotatable bonds is 11. The van der Waals surface area contributed by atoms with E-state index in [1.807, 2.05) is 68.8 Å². The highest BCUT2D eigenvalue weighted by Gasteiger charge is 2.25. The number of hydrogen-bond donors (Lipinski definition) is 3. The van der Waals surface area contributed by atoms with Gasteiger partial charge in [0.05, 0.1) is 16.9 Å². The topological polar surface area (TPSA) is 113 Å². The van der Waals surface area contributed by atoms with Crippen LogP contribution in [0.3, 0.4) is 0 Å². The summed E-state index contributed by atoms with van der Waals surface area (Å²) in [4.78, 5) is 17.3. The number of benzene rings is 3. The van der Waals surface area contributed by atoms with Crippen molar-refractivity contribution < 1.29 is 14.3 Å². The quantitative estimate of drug-likeness (QED) is 0.129. The molecule has 3 aromatic carbocycles. The highest BCUT2D eigenvalue weighted by Crippen LogP contribution is 2.33. The first kappa shape index (κ1) is 33.7. The first-order valence-corrected chi connectivity index (χ1v) is 16.8. The maximum absolute atomic E-state index is 14.6. The fourth-order valence-electron chi connectivity index (χ4n) is 5.34. The molecule has 10 nitrogen and oxygen atoms in total. The predicted octanol–water partition coefficient (Wildman–Crippen LogP) is 7.65. The van der Waals surface area contributed by atoms with Crippen molar-refractivity contribution in [3.05, 3.63) is 114 Å². The molecule has 12 heteroatoms. The number of hydrogen-bond acceptors (Lipinski definition) is 7. The molecule has 0 atom stereocenters. The van der Waals surface area contributed by atoms with Gasteiger partial charge in [-0.2, -0.15) is 5.10 Å². The summed E-state index contributed by atoms with van der Waals surface area (Å²) < 4.78 is 18.1. The van der Waals surface area contributed by atoms with Gasteiger partial charge in [0.15, 0.2) is 11.5 Å². The first-order chi connectivity index (χ1) is 23.5. The number of carbonyl (C=O) groups excluding carboxylic acids is 1. The number of aromatic hydroxyl groups is 1. The third kappa shape index (κ3) is 7.60. The number of carbonyl (C=O) groups is 1. The van der Waals surface area contributed by atoms with Gasteiger partial charge >= 0.3 is 6.03 Å². The van der Waals surface area contributed by atoms with Crippen molar-refractivity contribution in [2.75, 3.05) is 19.4 Å². The Kier molecular flexibility index (Phi) is 9.70. The van der Waals surface area contributed by atoms with Crippen LogP contribution in [0.15, 0.2) is 101 Å². The van der Waals surface area contributed by atoms with Crippen LogP contribution in [0.1, 0.15) is 44.0 Å². The molecule has 3 aromatic heterocycles. The van der Waals surface area contributed by atoms with Crippen LogP contribution < -0.4 is 10.6 Å². The second-order valence-corrected chi connectivity index (χ2v) is 13.9. The van der Waals surface area contributed by atoms with Crippen LogP contribution in [-0.2, 0) is 18.5 Å². The summed E-state index contributed by atoms with van der Waals surface area (Å²) in [5, 5.41) is 29.3. The zero-order valence-electron chi connectivity index (χ0n) is 28.1. The monoisotopic (exact) mass is 678 g/mol. The number of phenolic OH excluding ortho intramolecular Hbond substituents is 1. The third-order valence-corrected chi connectivity index (χ3v) is 9.48. The number of phenols is 1. The van der Waals surface area contributed by atoms with Crippen molar-refractivity contribution in [1.29, 1.82) is 0 Å². The maximum Gasteiger partial charge on any atom is 0.320 e. The normalized spacial score (nSPS) is 11.7. The molecule has 0 aliphatic carbocycles. The predicted molar refractivity (Wildman–Crippen MR) is 191 cm³/mol. The molecule has 6 rings (SSSR count). The first-order valence-electron chi connectivity index (χ1n) is 16.0. The van der Waals surface area contributed by atoms with Gasteiger partial charge in [0, 0.05) is 40.6 Å². The van der Waals surface area contributed by atoms with Gasteiger partial charge < -0.3 is 15.3 Å². The number of halogens is 1. The Bertz CT molecular complexity index is 2120. The lowest BCUT2D eigenvalue weighted by molar-refractivity contribution is 0.251. The minimum absolute atomic E-state index is 0.0620. The zero-order valence-corrected chi connectivity index (χ0v) is 28.9.